The summed E-state index contributed by atoms with van der Waals surface area (Å²) in [7, 11) is 0. The minimum atomic E-state index is 0.213. The quantitative estimate of drug-likeness (QED) is 0.793. The van der Waals surface area contributed by atoms with Crippen LogP contribution in [0.15, 0.2) is 54.9 Å². The summed E-state index contributed by atoms with van der Waals surface area (Å²) >= 11 is 0. The molecule has 6 nitrogen and oxygen atoms in total. The maximum atomic E-state index is 8.80. The SMILES string of the molecule is Cc1ccccc1Oc1ncnc(Nc2ccc(C#N)cc2)n1. The molecule has 0 saturated heterocycles. The second kappa shape index (κ2) is 6.54. The van der Waals surface area contributed by atoms with Crippen molar-refractivity contribution in [3.63, 3.8) is 0 Å². The Morgan fingerprint density at radius 3 is 2.57 bits per heavy atom. The molecule has 1 aromatic heterocycles. The van der Waals surface area contributed by atoms with Gasteiger partial charge in [0.05, 0.1) is 11.6 Å². The maximum absolute atomic E-state index is 8.80. The fraction of sp³-hybridized carbons (Fsp3) is 0.0588. The molecule has 0 aliphatic rings. The van der Waals surface area contributed by atoms with Crippen LogP contribution in [0.5, 0.6) is 11.8 Å². The monoisotopic (exact) mass is 303 g/mol. The van der Waals surface area contributed by atoms with Crippen molar-refractivity contribution in [3.05, 3.63) is 66.0 Å². The standard InChI is InChI=1S/C17H13N5O/c1-12-4-2-3-5-15(12)23-17-20-11-19-16(22-17)21-14-8-6-13(10-18)7-9-14/h2-9,11H,1H3,(H,19,20,21,22). The highest BCUT2D eigenvalue weighted by atomic mass is 16.5. The molecule has 0 spiro atoms. The molecule has 1 N–H and O–H groups in total. The molecule has 23 heavy (non-hydrogen) atoms. The minimum Gasteiger partial charge on any atom is -0.424 e. The molecule has 0 fully saturated rings. The Morgan fingerprint density at radius 1 is 1.04 bits per heavy atom. The molecule has 3 rings (SSSR count). The van der Waals surface area contributed by atoms with E-state index in [4.69, 9.17) is 10.00 Å². The third kappa shape index (κ3) is 3.60. The van der Waals surface area contributed by atoms with E-state index in [9.17, 15) is 0 Å². The molecular formula is C17H13N5O. The van der Waals surface area contributed by atoms with E-state index in [2.05, 4.69) is 26.3 Å². The van der Waals surface area contributed by atoms with Crippen LogP contribution in [0.1, 0.15) is 11.1 Å². The van der Waals surface area contributed by atoms with E-state index < -0.39 is 0 Å². The van der Waals surface area contributed by atoms with Crippen LogP contribution in [0.4, 0.5) is 11.6 Å². The normalized spacial score (nSPS) is 9.91. The van der Waals surface area contributed by atoms with E-state index in [0.29, 0.717) is 17.3 Å². The molecule has 2 aromatic carbocycles. The van der Waals surface area contributed by atoms with Gasteiger partial charge < -0.3 is 10.1 Å². The summed E-state index contributed by atoms with van der Waals surface area (Å²) in [6, 6.07) is 16.9. The Morgan fingerprint density at radius 2 is 1.83 bits per heavy atom. The van der Waals surface area contributed by atoms with E-state index in [1.54, 1.807) is 24.3 Å². The summed E-state index contributed by atoms with van der Waals surface area (Å²) in [4.78, 5) is 12.3. The average Bonchev–Trinajstić information content (AvgIpc) is 2.58. The average molecular weight is 303 g/mol. The number of hydrogen-bond acceptors (Lipinski definition) is 6. The first-order valence-electron chi connectivity index (χ1n) is 6.94. The lowest BCUT2D eigenvalue weighted by Crippen LogP contribution is -2.00. The number of nitrogens with zero attached hydrogens (tertiary/aromatic N) is 4. The molecule has 6 heteroatoms. The Balaban J connectivity index is 1.77. The van der Waals surface area contributed by atoms with E-state index >= 15 is 0 Å². The van der Waals surface area contributed by atoms with Gasteiger partial charge in [0.2, 0.25) is 5.95 Å². The van der Waals surface area contributed by atoms with Crippen LogP contribution in [0.2, 0.25) is 0 Å². The third-order valence-electron chi connectivity index (χ3n) is 3.11. The Kier molecular flexibility index (Phi) is 4.11. The Bertz CT molecular complexity index is 855. The maximum Gasteiger partial charge on any atom is 0.326 e. The number of aryl methyl sites for hydroxylation is 1. The molecule has 0 bridgehead atoms. The van der Waals surface area contributed by atoms with Crippen molar-refractivity contribution in [3.8, 4) is 17.8 Å². The van der Waals surface area contributed by atoms with E-state index in [1.807, 2.05) is 31.2 Å². The summed E-state index contributed by atoms with van der Waals surface area (Å²) in [5.41, 5.74) is 2.36. The molecule has 0 amide bonds. The Labute approximate surface area is 133 Å². The van der Waals surface area contributed by atoms with Gasteiger partial charge in [0.1, 0.15) is 12.1 Å². The lowest BCUT2D eigenvalue weighted by atomic mass is 10.2. The van der Waals surface area contributed by atoms with Gasteiger partial charge in [0.15, 0.2) is 0 Å². The van der Waals surface area contributed by atoms with Gasteiger partial charge in [-0.25, -0.2) is 4.98 Å². The largest absolute Gasteiger partial charge is 0.424 e. The van der Waals surface area contributed by atoms with Gasteiger partial charge in [0, 0.05) is 5.69 Å². The number of benzene rings is 2. The first-order valence-corrected chi connectivity index (χ1v) is 6.94. The number of nitrogens with one attached hydrogen (secondary N) is 1. The number of nitriles is 1. The fourth-order valence-corrected chi connectivity index (χ4v) is 1.92. The predicted molar refractivity (Wildman–Crippen MR) is 85.5 cm³/mol. The fourth-order valence-electron chi connectivity index (χ4n) is 1.92. The van der Waals surface area contributed by atoms with Gasteiger partial charge in [-0.05, 0) is 42.8 Å². The summed E-state index contributed by atoms with van der Waals surface area (Å²) < 4.78 is 5.68. The molecular weight excluding hydrogens is 290 g/mol. The first-order chi connectivity index (χ1) is 11.2. The molecule has 112 valence electrons. The van der Waals surface area contributed by atoms with Gasteiger partial charge in [-0.3, -0.25) is 0 Å². The topological polar surface area (TPSA) is 83.7 Å². The molecule has 0 unspecified atom stereocenters. The number of para-hydroxylation sites is 1. The number of ether oxygens (including phenoxy) is 1. The summed E-state index contributed by atoms with van der Waals surface area (Å²) in [6.45, 7) is 1.95. The van der Waals surface area contributed by atoms with Crippen LogP contribution in [-0.4, -0.2) is 15.0 Å². The zero-order chi connectivity index (χ0) is 16.1. The molecule has 0 aliphatic heterocycles. The number of rotatable bonds is 4. The van der Waals surface area contributed by atoms with Gasteiger partial charge in [-0.2, -0.15) is 15.2 Å². The van der Waals surface area contributed by atoms with Crippen LogP contribution < -0.4 is 10.1 Å². The van der Waals surface area contributed by atoms with Crippen molar-refractivity contribution < 1.29 is 4.74 Å². The van der Waals surface area contributed by atoms with Gasteiger partial charge in [0.25, 0.3) is 0 Å². The molecule has 1 heterocycles. The van der Waals surface area contributed by atoms with E-state index in [1.165, 1.54) is 6.33 Å². The van der Waals surface area contributed by atoms with Crippen molar-refractivity contribution in [2.45, 2.75) is 6.92 Å². The van der Waals surface area contributed by atoms with Crippen LogP contribution in [0, 0.1) is 18.3 Å². The Hall–Kier alpha value is -3.46. The van der Waals surface area contributed by atoms with Crippen LogP contribution in [0.3, 0.4) is 0 Å². The zero-order valence-electron chi connectivity index (χ0n) is 12.4. The third-order valence-corrected chi connectivity index (χ3v) is 3.11. The second-order valence-electron chi connectivity index (χ2n) is 4.77. The van der Waals surface area contributed by atoms with Crippen molar-refractivity contribution in [2.75, 3.05) is 5.32 Å². The van der Waals surface area contributed by atoms with E-state index in [-0.39, 0.29) is 6.01 Å². The van der Waals surface area contributed by atoms with Crippen molar-refractivity contribution in [1.29, 1.82) is 5.26 Å². The van der Waals surface area contributed by atoms with Crippen LogP contribution in [-0.2, 0) is 0 Å². The van der Waals surface area contributed by atoms with Crippen molar-refractivity contribution in [2.24, 2.45) is 0 Å². The minimum absolute atomic E-state index is 0.213. The summed E-state index contributed by atoms with van der Waals surface area (Å²) in [5.74, 6) is 1.07. The molecule has 0 atom stereocenters. The highest BCUT2D eigenvalue weighted by Crippen LogP contribution is 2.22. The predicted octanol–water partition coefficient (Wildman–Crippen LogP) is 3.59. The van der Waals surface area contributed by atoms with Gasteiger partial charge in [-0.1, -0.05) is 18.2 Å². The van der Waals surface area contributed by atoms with Crippen LogP contribution >= 0.6 is 0 Å². The van der Waals surface area contributed by atoms with Crippen molar-refractivity contribution >= 4 is 11.6 Å². The molecule has 3 aromatic rings. The lowest BCUT2D eigenvalue weighted by molar-refractivity contribution is 0.437. The number of anilines is 2. The second-order valence-corrected chi connectivity index (χ2v) is 4.77. The smallest absolute Gasteiger partial charge is 0.326 e. The zero-order valence-corrected chi connectivity index (χ0v) is 12.4. The molecule has 0 aliphatic carbocycles. The van der Waals surface area contributed by atoms with Crippen LogP contribution in [0.25, 0.3) is 0 Å². The van der Waals surface area contributed by atoms with E-state index in [0.717, 1.165) is 11.3 Å². The summed E-state index contributed by atoms with van der Waals surface area (Å²) in [6.07, 6.45) is 1.38. The van der Waals surface area contributed by atoms with Gasteiger partial charge in [-0.15, -0.1) is 0 Å². The lowest BCUT2D eigenvalue weighted by Gasteiger charge is -2.08. The van der Waals surface area contributed by atoms with Crippen molar-refractivity contribution in [1.82, 2.24) is 15.0 Å². The first kappa shape index (κ1) is 14.5. The highest BCUT2D eigenvalue weighted by Gasteiger charge is 2.05. The number of hydrogen-bond donors (Lipinski definition) is 1. The number of aromatic nitrogens is 3. The highest BCUT2D eigenvalue weighted by molar-refractivity contribution is 5.54. The molecule has 0 radical (unpaired) electrons. The van der Waals surface area contributed by atoms with Gasteiger partial charge >= 0.3 is 6.01 Å². The molecule has 0 saturated carbocycles. The summed E-state index contributed by atoms with van der Waals surface area (Å²) in [5, 5.41) is 11.8.